The summed E-state index contributed by atoms with van der Waals surface area (Å²) < 4.78 is 50.8. The lowest BCUT2D eigenvalue weighted by Crippen LogP contribution is -2.67. The zero-order valence-corrected chi connectivity index (χ0v) is 14.9. The van der Waals surface area contributed by atoms with Gasteiger partial charge in [-0.15, -0.1) is 0 Å². The van der Waals surface area contributed by atoms with Crippen molar-refractivity contribution in [1.29, 1.82) is 0 Å². The molecule has 1 saturated carbocycles. The second-order valence-corrected chi connectivity index (χ2v) is 7.97. The molecule has 5 nitrogen and oxygen atoms in total. The number of alkyl halides is 3. The first-order valence-corrected chi connectivity index (χ1v) is 8.62. The molecule has 0 unspecified atom stereocenters. The summed E-state index contributed by atoms with van der Waals surface area (Å²) in [6.07, 6.45) is -2.52. The van der Waals surface area contributed by atoms with Crippen molar-refractivity contribution in [1.82, 2.24) is 10.6 Å². The van der Waals surface area contributed by atoms with Gasteiger partial charge in [0.05, 0.1) is 0 Å². The van der Waals surface area contributed by atoms with Crippen LogP contribution in [0.1, 0.15) is 40.0 Å². The van der Waals surface area contributed by atoms with Crippen molar-refractivity contribution in [2.75, 3.05) is 0 Å². The molecule has 8 heteroatoms. The molecule has 2 amide bonds. The number of halogens is 3. The molecule has 26 heavy (non-hydrogen) atoms. The summed E-state index contributed by atoms with van der Waals surface area (Å²) in [5.41, 5.74) is 0.0217. The van der Waals surface area contributed by atoms with E-state index in [0.717, 1.165) is 12.8 Å². The van der Waals surface area contributed by atoms with Crippen LogP contribution < -0.4 is 20.1 Å². The monoisotopic (exact) mass is 372 g/mol. The number of para-hydroxylation sites is 2. The van der Waals surface area contributed by atoms with E-state index in [-0.39, 0.29) is 23.0 Å². The molecule has 1 aromatic carbocycles. The van der Waals surface area contributed by atoms with Gasteiger partial charge >= 0.3 is 18.1 Å². The Morgan fingerprint density at radius 3 is 2.23 bits per heavy atom. The van der Waals surface area contributed by atoms with Gasteiger partial charge in [0.15, 0.2) is 11.5 Å². The second kappa shape index (κ2) is 6.25. The van der Waals surface area contributed by atoms with Gasteiger partial charge in [-0.25, -0.2) is 4.79 Å². The molecule has 0 radical (unpaired) electrons. The van der Waals surface area contributed by atoms with Gasteiger partial charge < -0.3 is 14.8 Å². The largest absolute Gasteiger partial charge is 0.492 e. The lowest BCUT2D eigenvalue weighted by Gasteiger charge is -2.39. The molecule has 2 N–H and O–H groups in total. The number of carbonyl (C=O) groups excluding carboxylic acids is 1. The summed E-state index contributed by atoms with van der Waals surface area (Å²) in [6.45, 7) is 6.25. The molecule has 1 heterocycles. The Hall–Kier alpha value is -2.12. The van der Waals surface area contributed by atoms with Crippen molar-refractivity contribution in [3.8, 4) is 11.5 Å². The second-order valence-electron chi connectivity index (χ2n) is 7.97. The molecule has 3 rings (SSSR count). The minimum absolute atomic E-state index is 0.0217. The van der Waals surface area contributed by atoms with Crippen LogP contribution in [0, 0.1) is 11.3 Å². The normalized spacial score (nSPS) is 26.2. The Bertz CT molecular complexity index is 666. The topological polar surface area (TPSA) is 59.6 Å². The van der Waals surface area contributed by atoms with Gasteiger partial charge in [0, 0.05) is 6.04 Å². The first-order valence-electron chi connectivity index (χ1n) is 8.62. The van der Waals surface area contributed by atoms with E-state index < -0.39 is 18.1 Å². The van der Waals surface area contributed by atoms with Crippen molar-refractivity contribution in [2.24, 2.45) is 11.3 Å². The Kier molecular flexibility index (Phi) is 4.48. The van der Waals surface area contributed by atoms with Crippen LogP contribution in [0.25, 0.3) is 0 Å². The highest BCUT2D eigenvalue weighted by Gasteiger charge is 2.65. The average Bonchev–Trinajstić information content (AvgIpc) is 2.83. The third-order valence-electron chi connectivity index (χ3n) is 4.73. The Morgan fingerprint density at radius 2 is 1.73 bits per heavy atom. The smallest absolute Gasteiger partial charge is 0.424 e. The lowest BCUT2D eigenvalue weighted by molar-refractivity contribution is -0.317. The van der Waals surface area contributed by atoms with Gasteiger partial charge in [0.25, 0.3) is 0 Å². The van der Waals surface area contributed by atoms with Crippen LogP contribution in [0.15, 0.2) is 24.3 Å². The SMILES string of the molecule is C[C@@H]1C[C@@H](NC(=O)NC2(C(F)(F)F)Oc3ccccc3O2)CC(C)(C)C1. The maximum absolute atomic E-state index is 13.6. The highest BCUT2D eigenvalue weighted by molar-refractivity contribution is 5.75. The molecule has 0 bridgehead atoms. The number of hydrogen-bond acceptors (Lipinski definition) is 3. The fourth-order valence-corrected chi connectivity index (χ4v) is 4.01. The van der Waals surface area contributed by atoms with E-state index in [9.17, 15) is 18.0 Å². The first kappa shape index (κ1) is 18.7. The fraction of sp³-hybridized carbons (Fsp3) is 0.611. The van der Waals surface area contributed by atoms with Crippen LogP contribution in [0.4, 0.5) is 18.0 Å². The van der Waals surface area contributed by atoms with Crippen LogP contribution in [0.5, 0.6) is 11.5 Å². The Morgan fingerprint density at radius 1 is 1.15 bits per heavy atom. The number of hydrogen-bond donors (Lipinski definition) is 2. The number of carbonyl (C=O) groups is 1. The third kappa shape index (κ3) is 3.68. The van der Waals surface area contributed by atoms with Crippen LogP contribution in [0.3, 0.4) is 0 Å². The standard InChI is InChI=1S/C18H23F3N2O3/c1-11-8-12(10-16(2,3)9-11)22-15(24)23-18(17(19,20)21)25-13-6-4-5-7-14(13)26-18/h4-7,11-12H,8-10H2,1-3H3,(H2,22,23,24)/t11-,12-/m1/s1. The number of ether oxygens (including phenoxy) is 2. The predicted molar refractivity (Wildman–Crippen MR) is 88.7 cm³/mol. The zero-order valence-electron chi connectivity index (χ0n) is 14.9. The minimum atomic E-state index is -4.96. The molecular weight excluding hydrogens is 349 g/mol. The number of nitrogens with one attached hydrogen (secondary N) is 2. The van der Waals surface area contributed by atoms with Gasteiger partial charge in [-0.1, -0.05) is 32.9 Å². The van der Waals surface area contributed by atoms with Crippen molar-refractivity contribution in [2.45, 2.75) is 58.2 Å². The van der Waals surface area contributed by atoms with Gasteiger partial charge in [0.1, 0.15) is 0 Å². The molecule has 144 valence electrons. The van der Waals surface area contributed by atoms with Crippen LogP contribution in [0.2, 0.25) is 0 Å². The Labute approximate surface area is 150 Å². The van der Waals surface area contributed by atoms with Gasteiger partial charge in [-0.05, 0) is 42.7 Å². The predicted octanol–water partition coefficient (Wildman–Crippen LogP) is 4.19. The summed E-state index contributed by atoms with van der Waals surface area (Å²) >= 11 is 0. The van der Waals surface area contributed by atoms with Crippen molar-refractivity contribution in [3.63, 3.8) is 0 Å². The van der Waals surface area contributed by atoms with E-state index >= 15 is 0 Å². The van der Waals surface area contributed by atoms with Crippen molar-refractivity contribution in [3.05, 3.63) is 24.3 Å². The summed E-state index contributed by atoms with van der Waals surface area (Å²) in [4.78, 5) is 12.3. The first-order chi connectivity index (χ1) is 12.0. The number of amides is 2. The van der Waals surface area contributed by atoms with Crippen LogP contribution >= 0.6 is 0 Å². The van der Waals surface area contributed by atoms with E-state index in [1.807, 2.05) is 5.32 Å². The molecule has 0 spiro atoms. The molecule has 0 aromatic heterocycles. The summed E-state index contributed by atoms with van der Waals surface area (Å²) in [5.74, 6) is -2.99. The molecule has 1 aliphatic heterocycles. The average molecular weight is 372 g/mol. The highest BCUT2D eigenvalue weighted by atomic mass is 19.4. The number of fused-ring (bicyclic) bond motifs is 1. The summed E-state index contributed by atoms with van der Waals surface area (Å²) in [5, 5.41) is 4.49. The van der Waals surface area contributed by atoms with Crippen LogP contribution in [-0.2, 0) is 0 Å². The molecule has 2 aliphatic rings. The zero-order chi connectivity index (χ0) is 19.2. The summed E-state index contributed by atoms with van der Waals surface area (Å²) in [6, 6.07) is 4.59. The molecule has 2 atom stereocenters. The van der Waals surface area contributed by atoms with Gasteiger partial charge in [0.2, 0.25) is 0 Å². The van der Waals surface area contributed by atoms with E-state index in [4.69, 9.17) is 9.47 Å². The molecule has 0 saturated heterocycles. The third-order valence-corrected chi connectivity index (χ3v) is 4.73. The molecule has 1 fully saturated rings. The summed E-state index contributed by atoms with van der Waals surface area (Å²) in [7, 11) is 0. The number of benzene rings is 1. The van der Waals surface area contributed by atoms with Gasteiger partial charge in [-0.2, -0.15) is 13.2 Å². The molecule has 1 aliphatic carbocycles. The maximum atomic E-state index is 13.6. The number of urea groups is 1. The molecule has 1 aromatic rings. The fourth-order valence-electron chi connectivity index (χ4n) is 4.01. The van der Waals surface area contributed by atoms with Crippen LogP contribution in [-0.4, -0.2) is 24.2 Å². The lowest BCUT2D eigenvalue weighted by atomic mass is 9.71. The quantitative estimate of drug-likeness (QED) is 0.818. The van der Waals surface area contributed by atoms with Gasteiger partial charge in [-0.3, -0.25) is 5.32 Å². The Balaban J connectivity index is 1.72. The van der Waals surface area contributed by atoms with E-state index in [1.165, 1.54) is 24.3 Å². The maximum Gasteiger partial charge on any atom is 0.492 e. The highest BCUT2D eigenvalue weighted by Crippen LogP contribution is 2.45. The minimum Gasteiger partial charge on any atom is -0.424 e. The van der Waals surface area contributed by atoms with E-state index in [0.29, 0.717) is 12.3 Å². The molecular formula is C18H23F3N2O3. The van der Waals surface area contributed by atoms with E-state index in [2.05, 4.69) is 26.1 Å². The van der Waals surface area contributed by atoms with Crippen molar-refractivity contribution < 1.29 is 27.4 Å². The van der Waals surface area contributed by atoms with Crippen molar-refractivity contribution >= 4 is 6.03 Å². The number of rotatable bonds is 2. The van der Waals surface area contributed by atoms with E-state index in [1.54, 1.807) is 0 Å².